The van der Waals surface area contributed by atoms with Gasteiger partial charge in [0.15, 0.2) is 0 Å². The summed E-state index contributed by atoms with van der Waals surface area (Å²) >= 11 is 0. The second-order valence-electron chi connectivity index (χ2n) is 3.44. The fourth-order valence-electron chi connectivity index (χ4n) is 1.44. The molecule has 0 fully saturated rings. The van der Waals surface area contributed by atoms with Gasteiger partial charge in [0.1, 0.15) is 11.6 Å². The minimum absolute atomic E-state index is 0.250. The summed E-state index contributed by atoms with van der Waals surface area (Å²) in [6.07, 6.45) is 2.39. The van der Waals surface area contributed by atoms with Crippen molar-refractivity contribution >= 4 is 0 Å². The van der Waals surface area contributed by atoms with Crippen molar-refractivity contribution in [3.8, 4) is 17.0 Å². The Morgan fingerprint density at radius 3 is 2.56 bits per heavy atom. The van der Waals surface area contributed by atoms with E-state index in [1.165, 1.54) is 0 Å². The van der Waals surface area contributed by atoms with E-state index in [1.54, 1.807) is 18.3 Å². The van der Waals surface area contributed by atoms with Gasteiger partial charge in [-0.15, -0.1) is 0 Å². The largest absolute Gasteiger partial charge is 0.508 e. The molecule has 82 valence electrons. The molecule has 4 heteroatoms. The Hall–Kier alpha value is -1.94. The highest BCUT2D eigenvalue weighted by molar-refractivity contribution is 5.59. The molecule has 0 spiro atoms. The highest BCUT2D eigenvalue weighted by Gasteiger charge is 2.01. The van der Waals surface area contributed by atoms with E-state index < -0.39 is 0 Å². The van der Waals surface area contributed by atoms with Crippen LogP contribution in [0.25, 0.3) is 11.3 Å². The maximum atomic E-state index is 9.19. The van der Waals surface area contributed by atoms with Gasteiger partial charge in [0.25, 0.3) is 0 Å². The maximum Gasteiger partial charge on any atom is 0.130 e. The fourth-order valence-corrected chi connectivity index (χ4v) is 1.44. The molecule has 4 nitrogen and oxygen atoms in total. The van der Waals surface area contributed by atoms with E-state index in [9.17, 15) is 5.11 Å². The predicted octanol–water partition coefficient (Wildman–Crippen LogP) is 1.35. The molecule has 3 N–H and O–H groups in total. The van der Waals surface area contributed by atoms with Crippen LogP contribution >= 0.6 is 0 Å². The lowest BCUT2D eigenvalue weighted by Crippen LogP contribution is -2.06. The number of benzene rings is 1. The molecule has 0 atom stereocenters. The Labute approximate surface area is 93.8 Å². The minimum Gasteiger partial charge on any atom is -0.508 e. The standard InChI is InChI=1S/C12H13N3O/c13-7-5-12-14-8-6-11(15-12)9-1-3-10(16)4-2-9/h1-4,6,8,16H,5,7,13H2. The normalized spacial score (nSPS) is 10.3. The zero-order valence-corrected chi connectivity index (χ0v) is 8.80. The molecule has 2 aromatic rings. The van der Waals surface area contributed by atoms with Crippen LogP contribution < -0.4 is 5.73 Å². The van der Waals surface area contributed by atoms with Crippen LogP contribution in [0.4, 0.5) is 0 Å². The molecule has 1 aromatic carbocycles. The zero-order valence-electron chi connectivity index (χ0n) is 8.80. The molecule has 0 aliphatic carbocycles. The number of aromatic hydroxyl groups is 1. The molecule has 0 saturated carbocycles. The molecule has 0 aliphatic rings. The van der Waals surface area contributed by atoms with Crippen molar-refractivity contribution in [2.24, 2.45) is 5.73 Å². The first kappa shape index (κ1) is 10.6. The Bertz CT molecular complexity index is 468. The summed E-state index contributed by atoms with van der Waals surface area (Å²) in [6, 6.07) is 8.76. The summed E-state index contributed by atoms with van der Waals surface area (Å²) in [5, 5.41) is 9.19. The lowest BCUT2D eigenvalue weighted by Gasteiger charge is -2.03. The number of aromatic nitrogens is 2. The number of nitrogens with two attached hydrogens (primary N) is 1. The molecule has 0 amide bonds. The van der Waals surface area contributed by atoms with Crippen LogP contribution in [-0.2, 0) is 6.42 Å². The van der Waals surface area contributed by atoms with Crippen molar-refractivity contribution in [3.05, 3.63) is 42.4 Å². The molecule has 1 aromatic heterocycles. The van der Waals surface area contributed by atoms with Crippen LogP contribution in [0.2, 0.25) is 0 Å². The molecular weight excluding hydrogens is 202 g/mol. The van der Waals surface area contributed by atoms with Crippen molar-refractivity contribution in [2.75, 3.05) is 6.54 Å². The quantitative estimate of drug-likeness (QED) is 0.810. The van der Waals surface area contributed by atoms with E-state index in [2.05, 4.69) is 9.97 Å². The summed E-state index contributed by atoms with van der Waals surface area (Å²) in [7, 11) is 0. The molecule has 0 aliphatic heterocycles. The summed E-state index contributed by atoms with van der Waals surface area (Å²) < 4.78 is 0. The smallest absolute Gasteiger partial charge is 0.130 e. The molecule has 0 unspecified atom stereocenters. The molecular formula is C12H13N3O. The van der Waals surface area contributed by atoms with Crippen molar-refractivity contribution in [3.63, 3.8) is 0 Å². The number of nitrogens with zero attached hydrogens (tertiary/aromatic N) is 2. The van der Waals surface area contributed by atoms with Crippen molar-refractivity contribution in [2.45, 2.75) is 6.42 Å². The Balaban J connectivity index is 2.32. The third-order valence-electron chi connectivity index (χ3n) is 2.24. The monoisotopic (exact) mass is 215 g/mol. The van der Waals surface area contributed by atoms with E-state index in [-0.39, 0.29) is 5.75 Å². The van der Waals surface area contributed by atoms with E-state index in [4.69, 9.17) is 5.73 Å². The van der Waals surface area contributed by atoms with Crippen molar-refractivity contribution < 1.29 is 5.11 Å². The fraction of sp³-hybridized carbons (Fsp3) is 0.167. The lowest BCUT2D eigenvalue weighted by atomic mass is 10.1. The van der Waals surface area contributed by atoms with Gasteiger partial charge in [0.05, 0.1) is 5.69 Å². The minimum atomic E-state index is 0.250. The summed E-state index contributed by atoms with van der Waals surface area (Å²) in [6.45, 7) is 0.541. The molecule has 0 bridgehead atoms. The predicted molar refractivity (Wildman–Crippen MR) is 61.9 cm³/mol. The van der Waals surface area contributed by atoms with Crippen molar-refractivity contribution in [1.29, 1.82) is 0 Å². The van der Waals surface area contributed by atoms with E-state index in [0.29, 0.717) is 13.0 Å². The van der Waals surface area contributed by atoms with Gasteiger partial charge in [0.2, 0.25) is 0 Å². The van der Waals surface area contributed by atoms with Gasteiger partial charge in [-0.2, -0.15) is 0 Å². The van der Waals surface area contributed by atoms with Gasteiger partial charge in [-0.25, -0.2) is 9.97 Å². The van der Waals surface area contributed by atoms with Crippen LogP contribution in [-0.4, -0.2) is 21.6 Å². The first-order chi connectivity index (χ1) is 7.79. The second-order valence-corrected chi connectivity index (χ2v) is 3.44. The number of phenols is 1. The first-order valence-electron chi connectivity index (χ1n) is 5.11. The number of hydrogen-bond donors (Lipinski definition) is 2. The summed E-state index contributed by atoms with van der Waals surface area (Å²) in [4.78, 5) is 8.52. The highest BCUT2D eigenvalue weighted by atomic mass is 16.3. The number of hydrogen-bond acceptors (Lipinski definition) is 4. The molecule has 1 heterocycles. The molecule has 0 saturated heterocycles. The lowest BCUT2D eigenvalue weighted by molar-refractivity contribution is 0.475. The Morgan fingerprint density at radius 2 is 1.88 bits per heavy atom. The first-order valence-corrected chi connectivity index (χ1v) is 5.11. The number of phenolic OH excluding ortho intramolecular Hbond substituents is 1. The average Bonchev–Trinajstić information content (AvgIpc) is 2.31. The van der Waals surface area contributed by atoms with Gasteiger partial charge >= 0.3 is 0 Å². The van der Waals surface area contributed by atoms with Crippen LogP contribution in [0.1, 0.15) is 5.82 Å². The van der Waals surface area contributed by atoms with Gasteiger partial charge in [0, 0.05) is 18.2 Å². The van der Waals surface area contributed by atoms with Gasteiger partial charge in [-0.1, -0.05) is 0 Å². The zero-order chi connectivity index (χ0) is 11.4. The van der Waals surface area contributed by atoms with Crippen LogP contribution in [0, 0.1) is 0 Å². The van der Waals surface area contributed by atoms with Crippen LogP contribution in [0.5, 0.6) is 5.75 Å². The van der Waals surface area contributed by atoms with Crippen molar-refractivity contribution in [1.82, 2.24) is 9.97 Å². The molecule has 0 radical (unpaired) electrons. The third kappa shape index (κ3) is 2.35. The highest BCUT2D eigenvalue weighted by Crippen LogP contribution is 2.19. The number of rotatable bonds is 3. The maximum absolute atomic E-state index is 9.19. The van der Waals surface area contributed by atoms with E-state index in [1.807, 2.05) is 18.2 Å². The van der Waals surface area contributed by atoms with Crippen LogP contribution in [0.3, 0.4) is 0 Å². The van der Waals surface area contributed by atoms with E-state index >= 15 is 0 Å². The summed E-state index contributed by atoms with van der Waals surface area (Å²) in [5.74, 6) is 0.994. The topological polar surface area (TPSA) is 72.0 Å². The Morgan fingerprint density at radius 1 is 1.12 bits per heavy atom. The molecule has 16 heavy (non-hydrogen) atoms. The SMILES string of the molecule is NCCc1nccc(-c2ccc(O)cc2)n1. The Kier molecular flexibility index (Phi) is 3.12. The van der Waals surface area contributed by atoms with Crippen LogP contribution in [0.15, 0.2) is 36.5 Å². The molecule has 2 rings (SSSR count). The van der Waals surface area contributed by atoms with Gasteiger partial charge in [-0.05, 0) is 36.9 Å². The third-order valence-corrected chi connectivity index (χ3v) is 2.24. The van der Waals surface area contributed by atoms with Gasteiger partial charge in [-0.3, -0.25) is 0 Å². The van der Waals surface area contributed by atoms with E-state index in [0.717, 1.165) is 17.1 Å². The second kappa shape index (κ2) is 4.72. The van der Waals surface area contributed by atoms with Gasteiger partial charge < -0.3 is 10.8 Å². The summed E-state index contributed by atoms with van der Waals surface area (Å²) in [5.41, 5.74) is 7.26. The average molecular weight is 215 g/mol.